The first kappa shape index (κ1) is 49.2. The summed E-state index contributed by atoms with van der Waals surface area (Å²) in [5.41, 5.74) is 6.26. The van der Waals surface area contributed by atoms with Gasteiger partial charge in [0.1, 0.15) is 48.4 Å². The Labute approximate surface area is 368 Å². The zero-order chi connectivity index (χ0) is 46.5. The number of aromatic hydroxyl groups is 1. The van der Waals surface area contributed by atoms with Crippen LogP contribution in [0.3, 0.4) is 0 Å². The molecule has 2 saturated heterocycles. The third-order valence-corrected chi connectivity index (χ3v) is 15.1. The number of fused-ring (bicyclic) bond motifs is 3. The van der Waals surface area contributed by atoms with Crippen LogP contribution in [-0.2, 0) is 38.0 Å². The molecule has 5 aliphatic rings. The summed E-state index contributed by atoms with van der Waals surface area (Å²) in [6, 6.07) is 2.81. The van der Waals surface area contributed by atoms with Gasteiger partial charge in [-0.2, -0.15) is 0 Å². The van der Waals surface area contributed by atoms with E-state index in [1.165, 1.54) is 38.3 Å². The molecule has 3 aliphatic carbocycles. The molecule has 2 saturated carbocycles. The number of carboxylic acids is 1. The zero-order valence-electron chi connectivity index (χ0n) is 37.3. The number of aliphatic hydroxyl groups is 5. The predicted molar refractivity (Wildman–Crippen MR) is 222 cm³/mol. The number of carbonyl (C=O) groups excluding carboxylic acids is 2. The lowest BCUT2D eigenvalue weighted by molar-refractivity contribution is -0.355. The van der Waals surface area contributed by atoms with E-state index >= 15 is 0 Å². The molecule has 1 unspecified atom stereocenters. The highest BCUT2D eigenvalue weighted by molar-refractivity contribution is 5.90. The minimum absolute atomic E-state index is 0.00159. The van der Waals surface area contributed by atoms with Crippen LogP contribution in [0.1, 0.15) is 84.5 Å². The van der Waals surface area contributed by atoms with Crippen LogP contribution in [0.2, 0.25) is 0 Å². The van der Waals surface area contributed by atoms with Gasteiger partial charge >= 0.3 is 11.9 Å². The number of hydrogen-bond donors (Lipinski definition) is 9. The van der Waals surface area contributed by atoms with Gasteiger partial charge in [0, 0.05) is 14.0 Å². The van der Waals surface area contributed by atoms with Crippen molar-refractivity contribution in [2.24, 2.45) is 46.2 Å². The van der Waals surface area contributed by atoms with Crippen molar-refractivity contribution in [1.29, 1.82) is 0 Å². The van der Waals surface area contributed by atoms with Crippen molar-refractivity contribution in [2.75, 3.05) is 13.7 Å². The van der Waals surface area contributed by atoms with Crippen LogP contribution in [0.15, 0.2) is 35.9 Å². The van der Waals surface area contributed by atoms with Crippen LogP contribution < -0.4 is 11.1 Å². The Bertz CT molecular complexity index is 1830. The molecule has 10 N–H and O–H groups in total. The number of nitrogens with one attached hydrogen (secondary N) is 1. The van der Waals surface area contributed by atoms with Crippen LogP contribution >= 0.6 is 0 Å². The van der Waals surface area contributed by atoms with Crippen LogP contribution in [0.25, 0.3) is 0 Å². The van der Waals surface area contributed by atoms with E-state index < -0.39 is 116 Å². The number of carbonyl (C=O) groups is 3. The number of esters is 1. The molecular formula is C45H68N2O16. The maximum atomic E-state index is 13.5. The Balaban J connectivity index is 1.31. The van der Waals surface area contributed by atoms with E-state index in [9.17, 15) is 50.1 Å². The van der Waals surface area contributed by atoms with Gasteiger partial charge in [-0.3, -0.25) is 9.59 Å². The number of allylic oxidation sites excluding steroid dienone is 2. The number of ether oxygens (including phenoxy) is 6. The Morgan fingerprint density at radius 1 is 1.00 bits per heavy atom. The lowest BCUT2D eigenvalue weighted by Crippen LogP contribution is -2.68. The summed E-state index contributed by atoms with van der Waals surface area (Å²) in [5.74, 6) is -2.64. The van der Waals surface area contributed by atoms with Gasteiger partial charge in [-0.15, -0.1) is 0 Å². The molecule has 1 amide bonds. The topological polar surface area (TPSA) is 286 Å². The van der Waals surface area contributed by atoms with Gasteiger partial charge in [-0.1, -0.05) is 45.4 Å². The molecule has 1 aromatic rings. The average molecular weight is 893 g/mol. The summed E-state index contributed by atoms with van der Waals surface area (Å²) in [7, 11) is 1.48. The quantitative estimate of drug-likeness (QED) is 0.0764. The SMILES string of the molecule is CO[C@@H](C[C@H]1C(C)=C[C@@H](C)[C@@H]2C3C[C@H](O[C@@H]4O[C@@H](C)[C@H](OC(=O)c5cccc(O)c5)[C@@H](O[C@@H]5O[C@H](CO)[C@@H](O)[C@H](O)[C@H]5NC(C)=O)[C@H]4O)[C@@H](O)C(C)(C)[C@H]3CC[C@@]12C)[C@H](N)C(=O)O. The first-order chi connectivity index (χ1) is 29.5. The number of aliphatic hydroxyl groups excluding tert-OH is 5. The van der Waals surface area contributed by atoms with Crippen LogP contribution in [0, 0.1) is 40.4 Å². The highest BCUT2D eigenvalue weighted by Crippen LogP contribution is 2.65. The second kappa shape index (κ2) is 19.3. The number of rotatable bonds is 13. The van der Waals surface area contributed by atoms with Gasteiger partial charge in [-0.25, -0.2) is 4.79 Å². The molecule has 2 heterocycles. The van der Waals surface area contributed by atoms with E-state index in [4.69, 9.17) is 34.2 Å². The maximum absolute atomic E-state index is 13.5. The monoisotopic (exact) mass is 892 g/mol. The van der Waals surface area contributed by atoms with Crippen molar-refractivity contribution < 1.29 is 78.6 Å². The normalized spacial score (nSPS) is 42.1. The summed E-state index contributed by atoms with van der Waals surface area (Å²) in [5, 5.41) is 78.5. The van der Waals surface area contributed by atoms with Gasteiger partial charge < -0.3 is 75.2 Å². The van der Waals surface area contributed by atoms with Gasteiger partial charge in [0.15, 0.2) is 18.7 Å². The van der Waals surface area contributed by atoms with Crippen molar-refractivity contribution in [1.82, 2.24) is 5.32 Å². The molecule has 18 heteroatoms. The molecule has 354 valence electrons. The number of phenols is 1. The van der Waals surface area contributed by atoms with Crippen molar-refractivity contribution in [3.63, 3.8) is 0 Å². The third kappa shape index (κ3) is 9.54. The number of carboxylic acid groups (broad SMARTS) is 1. The van der Waals surface area contributed by atoms with Crippen LogP contribution in [-0.4, -0.2) is 153 Å². The molecule has 63 heavy (non-hydrogen) atoms. The smallest absolute Gasteiger partial charge is 0.338 e. The number of aliphatic carboxylic acids is 1. The fraction of sp³-hybridized carbons (Fsp3) is 0.756. The van der Waals surface area contributed by atoms with Crippen molar-refractivity contribution in [2.45, 2.75) is 160 Å². The van der Waals surface area contributed by atoms with Gasteiger partial charge in [0.2, 0.25) is 5.91 Å². The Morgan fingerprint density at radius 3 is 2.32 bits per heavy atom. The van der Waals surface area contributed by atoms with E-state index in [0.717, 1.165) is 18.4 Å². The first-order valence-electron chi connectivity index (χ1n) is 22.0. The van der Waals surface area contributed by atoms with Crippen molar-refractivity contribution in [3.05, 3.63) is 41.5 Å². The maximum Gasteiger partial charge on any atom is 0.338 e. The molecule has 6 rings (SSSR count). The Morgan fingerprint density at radius 2 is 1.70 bits per heavy atom. The lowest BCUT2D eigenvalue weighted by atomic mass is 9.42. The fourth-order valence-electron chi connectivity index (χ4n) is 12.0. The van der Waals surface area contributed by atoms with Gasteiger partial charge in [0.05, 0.1) is 36.6 Å². The number of phenolic OH excluding ortho intramolecular Hbond substituents is 1. The number of amides is 1. The summed E-state index contributed by atoms with van der Waals surface area (Å²) < 4.78 is 36.7. The standard InChI is InChI=1S/C45H68N2O16/c1-19-14-20(2)31-25-16-29(39(54)44(5,6)26(25)12-13-45(31,7)27(19)17-28(58-8)32(46)40(55)56)60-43-36(53)38(37(21(3)59-43)62-41(57)23-10-9-11-24(50)15-23)63-42-33(47-22(4)49)35(52)34(51)30(18-48)61-42/h9-11,14-15,20-21,25-39,42-43,48,50-54H,12-13,16-18,46H2,1-8H3,(H,47,49)(H,55,56)/t20-,21+,25?,26+,27+,28+,29+,30-,31-,32+,33-,34-,35-,36-,37+,38+,39-,42+,43+,45+/m1/s1. The predicted octanol–water partition coefficient (Wildman–Crippen LogP) is 1.21. The summed E-state index contributed by atoms with van der Waals surface area (Å²) >= 11 is 0. The molecule has 2 aliphatic heterocycles. The average Bonchev–Trinajstić information content (AvgIpc) is 3.21. The second-order valence-corrected chi connectivity index (χ2v) is 19.4. The van der Waals surface area contributed by atoms with E-state index in [0.29, 0.717) is 12.8 Å². The summed E-state index contributed by atoms with van der Waals surface area (Å²) in [6.07, 6.45) is -11.5. The van der Waals surface area contributed by atoms with E-state index in [-0.39, 0.29) is 46.3 Å². The third-order valence-electron chi connectivity index (χ3n) is 15.1. The largest absolute Gasteiger partial charge is 0.508 e. The highest BCUT2D eigenvalue weighted by Gasteiger charge is 2.62. The minimum Gasteiger partial charge on any atom is -0.508 e. The number of benzene rings is 1. The molecule has 0 bridgehead atoms. The first-order valence-corrected chi connectivity index (χ1v) is 22.0. The fourth-order valence-corrected chi connectivity index (χ4v) is 12.0. The van der Waals surface area contributed by atoms with E-state index in [2.05, 4.69) is 32.2 Å². The highest BCUT2D eigenvalue weighted by atomic mass is 16.7. The summed E-state index contributed by atoms with van der Waals surface area (Å²) in [4.78, 5) is 37.8. The molecule has 4 fully saturated rings. The molecule has 18 nitrogen and oxygen atoms in total. The van der Waals surface area contributed by atoms with Crippen molar-refractivity contribution in [3.8, 4) is 5.75 Å². The molecule has 0 radical (unpaired) electrons. The van der Waals surface area contributed by atoms with Crippen LogP contribution in [0.5, 0.6) is 5.75 Å². The molecule has 20 atom stereocenters. The Hall–Kier alpha value is -3.27. The minimum atomic E-state index is -1.76. The van der Waals surface area contributed by atoms with Gasteiger partial charge in [-0.05, 0) is 98.1 Å². The number of hydrogen-bond acceptors (Lipinski definition) is 16. The lowest BCUT2D eigenvalue weighted by Gasteiger charge is -2.63. The van der Waals surface area contributed by atoms with E-state index in [1.54, 1.807) is 6.92 Å². The molecule has 0 spiro atoms. The van der Waals surface area contributed by atoms with Gasteiger partial charge in [0.25, 0.3) is 0 Å². The molecule has 1 aromatic carbocycles. The molecule has 0 aromatic heterocycles. The number of nitrogens with two attached hydrogens (primary N) is 1. The van der Waals surface area contributed by atoms with Crippen LogP contribution in [0.4, 0.5) is 0 Å². The Kier molecular flexibility index (Phi) is 15.1. The molecular weight excluding hydrogens is 824 g/mol. The summed E-state index contributed by atoms with van der Waals surface area (Å²) in [6.45, 7) is 12.5. The zero-order valence-corrected chi connectivity index (χ0v) is 37.3. The number of methoxy groups -OCH3 is 1. The second-order valence-electron chi connectivity index (χ2n) is 19.4. The van der Waals surface area contributed by atoms with Crippen molar-refractivity contribution >= 4 is 17.8 Å². The van der Waals surface area contributed by atoms with E-state index in [1.807, 2.05) is 13.8 Å².